The average Bonchev–Trinajstić information content (AvgIpc) is 3.03. The van der Waals surface area contributed by atoms with Gasteiger partial charge in [-0.15, -0.1) is 11.3 Å². The van der Waals surface area contributed by atoms with E-state index < -0.39 is 5.41 Å². The summed E-state index contributed by atoms with van der Waals surface area (Å²) in [6.07, 6.45) is 0.610. The van der Waals surface area contributed by atoms with Gasteiger partial charge < -0.3 is 16.4 Å². The molecule has 1 aliphatic heterocycles. The number of likely N-dealkylation sites (tertiary alicyclic amines) is 1. The number of rotatable bonds is 2. The van der Waals surface area contributed by atoms with Gasteiger partial charge in [-0.25, -0.2) is 0 Å². The van der Waals surface area contributed by atoms with Crippen LogP contribution in [0.1, 0.15) is 27.9 Å². The summed E-state index contributed by atoms with van der Waals surface area (Å²) >= 11 is 1.34. The van der Waals surface area contributed by atoms with Gasteiger partial charge in [0.1, 0.15) is 0 Å². The van der Waals surface area contributed by atoms with E-state index in [2.05, 4.69) is 11.8 Å². The zero-order chi connectivity index (χ0) is 14.8. The Bertz CT molecular complexity index is 599. The third-order valence-electron chi connectivity index (χ3n) is 3.49. The third kappa shape index (κ3) is 2.84. The van der Waals surface area contributed by atoms with Crippen molar-refractivity contribution in [2.45, 2.75) is 13.3 Å². The maximum Gasteiger partial charge on any atom is 0.263 e. The molecule has 4 N–H and O–H groups in total. The molecule has 1 aromatic rings. The predicted octanol–water partition coefficient (Wildman–Crippen LogP) is 0.396. The van der Waals surface area contributed by atoms with E-state index in [4.69, 9.17) is 11.5 Å². The van der Waals surface area contributed by atoms with Gasteiger partial charge in [0.2, 0.25) is 5.91 Å². The number of hydrogen-bond acceptors (Lipinski definition) is 4. The van der Waals surface area contributed by atoms with Gasteiger partial charge in [0.05, 0.1) is 21.7 Å². The van der Waals surface area contributed by atoms with Crippen molar-refractivity contribution in [1.29, 1.82) is 0 Å². The molecule has 1 saturated heterocycles. The molecule has 1 atom stereocenters. The molecule has 20 heavy (non-hydrogen) atoms. The van der Waals surface area contributed by atoms with Crippen molar-refractivity contribution >= 4 is 23.2 Å². The summed E-state index contributed by atoms with van der Waals surface area (Å²) in [5.41, 5.74) is 10.1. The van der Waals surface area contributed by atoms with Gasteiger partial charge in [-0.2, -0.15) is 0 Å². The Morgan fingerprint density at radius 3 is 2.85 bits per heavy atom. The third-order valence-corrected chi connectivity index (χ3v) is 4.47. The SMILES string of the molecule is CC1(C(N)=O)CCN(C(=O)c2ccc(C#CCN)s2)C1. The second-order valence-corrected chi connectivity index (χ2v) is 6.16. The largest absolute Gasteiger partial charge is 0.369 e. The van der Waals surface area contributed by atoms with Crippen molar-refractivity contribution in [2.75, 3.05) is 19.6 Å². The van der Waals surface area contributed by atoms with Crippen molar-refractivity contribution < 1.29 is 9.59 Å². The lowest BCUT2D eigenvalue weighted by atomic mass is 9.89. The smallest absolute Gasteiger partial charge is 0.263 e. The molecule has 1 unspecified atom stereocenters. The Labute approximate surface area is 121 Å². The highest BCUT2D eigenvalue weighted by molar-refractivity contribution is 7.14. The molecule has 1 fully saturated rings. The molecular weight excluding hydrogens is 274 g/mol. The number of primary amides is 1. The minimum absolute atomic E-state index is 0.0687. The van der Waals surface area contributed by atoms with Crippen LogP contribution in [-0.4, -0.2) is 36.3 Å². The van der Waals surface area contributed by atoms with Gasteiger partial charge in [0.15, 0.2) is 0 Å². The number of carbonyl (C=O) groups is 2. The zero-order valence-electron chi connectivity index (χ0n) is 11.3. The summed E-state index contributed by atoms with van der Waals surface area (Å²) in [7, 11) is 0. The molecule has 2 rings (SSSR count). The van der Waals surface area contributed by atoms with Crippen molar-refractivity contribution in [2.24, 2.45) is 16.9 Å². The normalized spacial score (nSPS) is 21.4. The number of nitrogens with two attached hydrogens (primary N) is 2. The van der Waals surface area contributed by atoms with E-state index in [0.717, 1.165) is 4.88 Å². The van der Waals surface area contributed by atoms with Crippen LogP contribution in [0.4, 0.5) is 0 Å². The zero-order valence-corrected chi connectivity index (χ0v) is 12.1. The molecule has 0 bridgehead atoms. The average molecular weight is 291 g/mol. The maximum absolute atomic E-state index is 12.4. The Morgan fingerprint density at radius 2 is 2.25 bits per heavy atom. The quantitative estimate of drug-likeness (QED) is 0.773. The molecule has 0 aliphatic carbocycles. The summed E-state index contributed by atoms with van der Waals surface area (Å²) in [5, 5.41) is 0. The molecule has 1 aromatic heterocycles. The predicted molar refractivity (Wildman–Crippen MR) is 78.1 cm³/mol. The maximum atomic E-state index is 12.4. The molecule has 2 amide bonds. The van der Waals surface area contributed by atoms with Crippen LogP contribution in [0.25, 0.3) is 0 Å². The van der Waals surface area contributed by atoms with Crippen molar-refractivity contribution in [3.05, 3.63) is 21.9 Å². The standard InChI is InChI=1S/C14H17N3O2S/c1-14(13(16)19)6-8-17(9-14)12(18)11-5-4-10(20-11)3-2-7-15/h4-5H,6-9,15H2,1H3,(H2,16,19). The molecule has 1 aliphatic rings. The van der Waals surface area contributed by atoms with Gasteiger partial charge >= 0.3 is 0 Å². The van der Waals surface area contributed by atoms with E-state index in [1.54, 1.807) is 17.9 Å². The first kappa shape index (κ1) is 14.6. The van der Waals surface area contributed by atoms with Crippen LogP contribution in [0.3, 0.4) is 0 Å². The van der Waals surface area contributed by atoms with E-state index in [-0.39, 0.29) is 11.8 Å². The molecule has 5 nitrogen and oxygen atoms in total. The minimum Gasteiger partial charge on any atom is -0.369 e. The van der Waals surface area contributed by atoms with Gasteiger partial charge in [-0.1, -0.05) is 11.8 Å². The lowest BCUT2D eigenvalue weighted by Gasteiger charge is -2.20. The topological polar surface area (TPSA) is 89.4 Å². The molecule has 0 aromatic carbocycles. The lowest BCUT2D eigenvalue weighted by Crippen LogP contribution is -2.38. The van der Waals surface area contributed by atoms with Gasteiger partial charge in [0, 0.05) is 13.1 Å². The second kappa shape index (κ2) is 5.65. The monoisotopic (exact) mass is 291 g/mol. The molecule has 106 valence electrons. The number of nitrogens with zero attached hydrogens (tertiary/aromatic N) is 1. The second-order valence-electron chi connectivity index (χ2n) is 5.07. The van der Waals surface area contributed by atoms with Crippen molar-refractivity contribution in [3.63, 3.8) is 0 Å². The van der Waals surface area contributed by atoms with Gasteiger partial charge in [-0.3, -0.25) is 9.59 Å². The Kier molecular flexibility index (Phi) is 4.12. The van der Waals surface area contributed by atoms with E-state index >= 15 is 0 Å². The number of amides is 2. The summed E-state index contributed by atoms with van der Waals surface area (Å²) in [4.78, 5) is 26.9. The summed E-state index contributed by atoms with van der Waals surface area (Å²) in [6, 6.07) is 3.57. The first-order valence-electron chi connectivity index (χ1n) is 6.34. The number of thiophene rings is 1. The summed E-state index contributed by atoms with van der Waals surface area (Å²) < 4.78 is 0. The van der Waals surface area contributed by atoms with Crippen LogP contribution >= 0.6 is 11.3 Å². The van der Waals surface area contributed by atoms with Crippen molar-refractivity contribution in [1.82, 2.24) is 4.90 Å². The first-order chi connectivity index (χ1) is 9.46. The van der Waals surface area contributed by atoms with E-state index in [1.807, 2.05) is 6.07 Å². The Balaban J connectivity index is 2.09. The molecule has 0 radical (unpaired) electrons. The molecule has 6 heteroatoms. The fourth-order valence-electron chi connectivity index (χ4n) is 2.15. The Morgan fingerprint density at radius 1 is 1.50 bits per heavy atom. The minimum atomic E-state index is -0.616. The molecule has 0 spiro atoms. The van der Waals surface area contributed by atoms with E-state index in [9.17, 15) is 9.59 Å². The highest BCUT2D eigenvalue weighted by Crippen LogP contribution is 2.31. The Hall–Kier alpha value is -1.84. The first-order valence-corrected chi connectivity index (χ1v) is 7.16. The van der Waals surface area contributed by atoms with Crippen LogP contribution < -0.4 is 11.5 Å². The van der Waals surface area contributed by atoms with Crippen LogP contribution in [0, 0.1) is 17.3 Å². The van der Waals surface area contributed by atoms with E-state index in [0.29, 0.717) is 30.9 Å². The molecule has 0 saturated carbocycles. The fourth-order valence-corrected chi connectivity index (χ4v) is 3.00. The van der Waals surface area contributed by atoms with Crippen LogP contribution in [0.5, 0.6) is 0 Å². The van der Waals surface area contributed by atoms with Gasteiger partial charge in [0.25, 0.3) is 5.91 Å². The number of carbonyl (C=O) groups excluding carboxylic acids is 2. The fraction of sp³-hybridized carbons (Fsp3) is 0.429. The summed E-state index contributed by atoms with van der Waals surface area (Å²) in [6.45, 7) is 3.03. The highest BCUT2D eigenvalue weighted by Gasteiger charge is 2.40. The lowest BCUT2D eigenvalue weighted by molar-refractivity contribution is -0.126. The molecule has 2 heterocycles. The molecular formula is C14H17N3O2S. The van der Waals surface area contributed by atoms with E-state index in [1.165, 1.54) is 11.3 Å². The number of hydrogen-bond donors (Lipinski definition) is 2. The van der Waals surface area contributed by atoms with Crippen molar-refractivity contribution in [3.8, 4) is 11.8 Å². The van der Waals surface area contributed by atoms with Crippen LogP contribution in [-0.2, 0) is 4.79 Å². The van der Waals surface area contributed by atoms with Crippen LogP contribution in [0.2, 0.25) is 0 Å². The van der Waals surface area contributed by atoms with Crippen LogP contribution in [0.15, 0.2) is 12.1 Å². The van der Waals surface area contributed by atoms with Gasteiger partial charge in [-0.05, 0) is 25.5 Å². The highest BCUT2D eigenvalue weighted by atomic mass is 32.1. The summed E-state index contributed by atoms with van der Waals surface area (Å²) in [5.74, 6) is 5.24.